The van der Waals surface area contributed by atoms with E-state index in [9.17, 15) is 14.7 Å². The number of phenols is 1. The number of carbonyl (C=O) groups excluding carboxylic acids is 2. The summed E-state index contributed by atoms with van der Waals surface area (Å²) < 4.78 is 36.0. The zero-order chi connectivity index (χ0) is 35.9. The number of carbonyl (C=O) groups is 2. The van der Waals surface area contributed by atoms with Crippen LogP contribution in [-0.2, 0) is 16.1 Å². The molecule has 0 unspecified atom stereocenters. The van der Waals surface area contributed by atoms with Gasteiger partial charge in [-0.05, 0) is 83.8 Å². The predicted molar refractivity (Wildman–Crippen MR) is 187 cm³/mol. The number of phenolic OH excluding ortho intramolecular Hbond substituents is 1. The van der Waals surface area contributed by atoms with Crippen molar-refractivity contribution in [3.05, 3.63) is 124 Å². The molecule has 52 heavy (non-hydrogen) atoms. The number of benzene rings is 4. The highest BCUT2D eigenvalue weighted by atomic mass is 16.7. The van der Waals surface area contributed by atoms with Crippen LogP contribution in [0.5, 0.6) is 34.5 Å². The van der Waals surface area contributed by atoms with Crippen LogP contribution < -0.4 is 23.7 Å². The molecule has 1 N–H and O–H groups in total. The Kier molecular flexibility index (Phi) is 8.50. The van der Waals surface area contributed by atoms with E-state index in [4.69, 9.17) is 28.4 Å². The molecule has 3 heterocycles. The first kappa shape index (κ1) is 32.9. The Hall–Kier alpha value is -6.30. The maximum absolute atomic E-state index is 13.6. The van der Waals surface area contributed by atoms with E-state index >= 15 is 0 Å². The Bertz CT molecular complexity index is 2190. The summed E-state index contributed by atoms with van der Waals surface area (Å²) in [6, 6.07) is 21.7. The Morgan fingerprint density at radius 3 is 2.40 bits per heavy atom. The third-order valence-electron chi connectivity index (χ3n) is 9.85. The van der Waals surface area contributed by atoms with Crippen LogP contribution in [0.25, 0.3) is 6.08 Å². The minimum absolute atomic E-state index is 0.0768. The van der Waals surface area contributed by atoms with Gasteiger partial charge in [0.05, 0.1) is 39.0 Å². The van der Waals surface area contributed by atoms with Crippen molar-refractivity contribution in [2.24, 2.45) is 11.8 Å². The molecule has 1 aliphatic carbocycles. The van der Waals surface area contributed by atoms with Crippen LogP contribution >= 0.6 is 0 Å². The fourth-order valence-electron chi connectivity index (χ4n) is 7.40. The van der Waals surface area contributed by atoms with Crippen LogP contribution in [0.3, 0.4) is 0 Å². The summed E-state index contributed by atoms with van der Waals surface area (Å²) in [6.45, 7) is 2.38. The Morgan fingerprint density at radius 1 is 0.962 bits per heavy atom. The lowest BCUT2D eigenvalue weighted by atomic mass is 9.65. The fraction of sp³-hybridized carbons (Fsp3) is 0.250. The van der Waals surface area contributed by atoms with E-state index < -0.39 is 17.9 Å². The molecule has 0 amide bonds. The van der Waals surface area contributed by atoms with Crippen molar-refractivity contribution in [3.8, 4) is 34.5 Å². The molecule has 2 aliphatic heterocycles. The summed E-state index contributed by atoms with van der Waals surface area (Å²) in [7, 11) is 2.92. The summed E-state index contributed by atoms with van der Waals surface area (Å²) >= 11 is 0. The van der Waals surface area contributed by atoms with Gasteiger partial charge in [0.1, 0.15) is 18.1 Å². The quantitative estimate of drug-likeness (QED) is 0.104. The molecule has 0 saturated carbocycles. The van der Waals surface area contributed by atoms with Crippen molar-refractivity contribution in [2.75, 3.05) is 27.6 Å². The molecule has 5 aromatic rings. The SMILES string of the molecule is COc1cc([C@@H]2c3cc4c(cc3[C@@H](n3cc(COc5ccc(C(=O)/C=C/c6cccc(C)c6)cc5)nn3)[C@H]3COC(=O)[C@H]23)OCO4)cc(OC)c1O. The van der Waals surface area contributed by atoms with Crippen LogP contribution in [-0.4, -0.2) is 59.5 Å². The fourth-order valence-corrected chi connectivity index (χ4v) is 7.40. The number of ketones is 1. The second kappa shape index (κ2) is 13.4. The number of hydrogen-bond donors (Lipinski definition) is 1. The lowest BCUT2D eigenvalue weighted by Gasteiger charge is -2.39. The standard InChI is InChI=1S/C40H35N3O9/c1-22-5-4-6-23(13-22)7-12-31(44)24-8-10-27(11-9-24)49-19-26-18-43(42-41-26)38-29-17-33-32(51-21-52-33)16-28(29)36(37-30(38)20-50-40(37)46)25-14-34(47-2)39(45)35(15-25)48-3/h4-18,30,36-38,45H,19-21H2,1-3H3/b12-7+/t30-,36+,37-,38+/m0/s1. The lowest BCUT2D eigenvalue weighted by Crippen LogP contribution is -2.37. The van der Waals surface area contributed by atoms with Crippen LogP contribution in [0.2, 0.25) is 0 Å². The number of aromatic nitrogens is 3. The van der Waals surface area contributed by atoms with Gasteiger partial charge in [-0.2, -0.15) is 0 Å². The van der Waals surface area contributed by atoms with Gasteiger partial charge in [0.25, 0.3) is 0 Å². The molecule has 0 spiro atoms. The van der Waals surface area contributed by atoms with Gasteiger partial charge in [0.15, 0.2) is 28.8 Å². The van der Waals surface area contributed by atoms with Crippen LogP contribution in [0, 0.1) is 18.8 Å². The number of cyclic esters (lactones) is 1. The number of rotatable bonds is 10. The van der Waals surface area contributed by atoms with Gasteiger partial charge in [-0.3, -0.25) is 9.59 Å². The number of methoxy groups -OCH3 is 2. The largest absolute Gasteiger partial charge is 0.502 e. The zero-order valence-corrected chi connectivity index (χ0v) is 28.6. The number of allylic oxidation sites excluding steroid dienone is 1. The van der Waals surface area contributed by atoms with Gasteiger partial charge in [-0.1, -0.05) is 41.1 Å². The highest BCUT2D eigenvalue weighted by molar-refractivity contribution is 6.06. The molecule has 1 saturated heterocycles. The van der Waals surface area contributed by atoms with Gasteiger partial charge in [-0.15, -0.1) is 5.10 Å². The summed E-state index contributed by atoms with van der Waals surface area (Å²) in [5.41, 5.74) is 5.60. The summed E-state index contributed by atoms with van der Waals surface area (Å²) in [6.07, 6.45) is 5.17. The monoisotopic (exact) mass is 701 g/mol. The zero-order valence-electron chi connectivity index (χ0n) is 28.6. The number of ether oxygens (including phenoxy) is 6. The van der Waals surface area contributed by atoms with Crippen molar-refractivity contribution in [2.45, 2.75) is 25.5 Å². The maximum Gasteiger partial charge on any atom is 0.310 e. The molecule has 4 aromatic carbocycles. The predicted octanol–water partition coefficient (Wildman–Crippen LogP) is 6.04. The molecule has 1 aromatic heterocycles. The number of aromatic hydroxyl groups is 1. The maximum atomic E-state index is 13.6. The first-order chi connectivity index (χ1) is 25.3. The lowest BCUT2D eigenvalue weighted by molar-refractivity contribution is -0.141. The van der Waals surface area contributed by atoms with Crippen molar-refractivity contribution in [1.82, 2.24) is 15.0 Å². The van der Waals surface area contributed by atoms with Crippen molar-refractivity contribution < 1.29 is 43.1 Å². The van der Waals surface area contributed by atoms with Crippen molar-refractivity contribution in [3.63, 3.8) is 0 Å². The number of hydrogen-bond acceptors (Lipinski definition) is 11. The summed E-state index contributed by atoms with van der Waals surface area (Å²) in [5, 5.41) is 19.6. The highest BCUT2D eigenvalue weighted by Gasteiger charge is 2.53. The number of nitrogens with zero attached hydrogens (tertiary/aromatic N) is 3. The molecule has 1 fully saturated rings. The van der Waals surface area contributed by atoms with E-state index in [0.717, 1.165) is 22.3 Å². The third-order valence-corrected chi connectivity index (χ3v) is 9.85. The smallest absolute Gasteiger partial charge is 0.310 e. The second-order valence-electron chi connectivity index (χ2n) is 13.0. The topological polar surface area (TPSA) is 140 Å². The molecule has 12 heteroatoms. The molecule has 8 rings (SSSR count). The van der Waals surface area contributed by atoms with Crippen molar-refractivity contribution >= 4 is 17.8 Å². The van der Waals surface area contributed by atoms with E-state index in [-0.39, 0.29) is 54.9 Å². The van der Waals surface area contributed by atoms with Gasteiger partial charge >= 0.3 is 5.97 Å². The Balaban J connectivity index is 1.06. The molecular weight excluding hydrogens is 666 g/mol. The average Bonchev–Trinajstić information content (AvgIpc) is 3.92. The normalized spacial score (nSPS) is 19.9. The summed E-state index contributed by atoms with van der Waals surface area (Å²) in [5.74, 6) is 0.173. The minimum Gasteiger partial charge on any atom is -0.502 e. The van der Waals surface area contributed by atoms with Gasteiger partial charge in [-0.25, -0.2) is 4.68 Å². The molecule has 3 aliphatic rings. The second-order valence-corrected chi connectivity index (χ2v) is 13.0. The van der Waals surface area contributed by atoms with E-state index in [1.807, 2.05) is 43.3 Å². The van der Waals surface area contributed by atoms with Gasteiger partial charge in [0.2, 0.25) is 12.5 Å². The van der Waals surface area contributed by atoms with E-state index in [2.05, 4.69) is 10.3 Å². The average molecular weight is 702 g/mol. The molecule has 12 nitrogen and oxygen atoms in total. The van der Waals surface area contributed by atoms with Gasteiger partial charge in [0, 0.05) is 17.4 Å². The molecule has 0 radical (unpaired) electrons. The Labute approximate surface area is 299 Å². The molecular formula is C40H35N3O9. The first-order valence-corrected chi connectivity index (χ1v) is 16.8. The van der Waals surface area contributed by atoms with Crippen LogP contribution in [0.4, 0.5) is 0 Å². The van der Waals surface area contributed by atoms with E-state index in [1.165, 1.54) is 14.2 Å². The molecule has 0 bridgehead atoms. The van der Waals surface area contributed by atoms with Gasteiger partial charge < -0.3 is 33.5 Å². The minimum atomic E-state index is -0.603. The van der Waals surface area contributed by atoms with E-state index in [1.54, 1.807) is 59.4 Å². The van der Waals surface area contributed by atoms with Crippen molar-refractivity contribution in [1.29, 1.82) is 0 Å². The molecule has 4 atom stereocenters. The number of aryl methyl sites for hydroxylation is 1. The van der Waals surface area contributed by atoms with E-state index in [0.29, 0.717) is 34.1 Å². The first-order valence-electron chi connectivity index (χ1n) is 16.8. The number of esters is 1. The number of fused-ring (bicyclic) bond motifs is 3. The molecule has 264 valence electrons. The Morgan fingerprint density at radius 2 is 1.69 bits per heavy atom. The van der Waals surface area contributed by atoms with Crippen LogP contribution in [0.1, 0.15) is 55.8 Å². The highest BCUT2D eigenvalue weighted by Crippen LogP contribution is 2.56. The van der Waals surface area contributed by atoms with Crippen LogP contribution in [0.15, 0.2) is 85.1 Å². The third kappa shape index (κ3) is 5.95. The summed E-state index contributed by atoms with van der Waals surface area (Å²) in [4.78, 5) is 26.3.